The number of nitrogens with two attached hydrogens (primary N) is 1. The molecule has 0 fully saturated rings. The van der Waals surface area contributed by atoms with Crippen molar-refractivity contribution in [3.05, 3.63) is 30.3 Å². The summed E-state index contributed by atoms with van der Waals surface area (Å²) in [7, 11) is 0. The van der Waals surface area contributed by atoms with Crippen LogP contribution < -0.4 is 15.8 Å². The predicted octanol–water partition coefficient (Wildman–Crippen LogP) is -0.490. The molecule has 0 aromatic heterocycles. The molecule has 1 aromatic rings. The summed E-state index contributed by atoms with van der Waals surface area (Å²) in [6.45, 7) is -0.341. The Morgan fingerprint density at radius 3 is 2.42 bits per heavy atom. The number of primary amides is 1. The summed E-state index contributed by atoms with van der Waals surface area (Å²) in [4.78, 5) is 32.9. The summed E-state index contributed by atoms with van der Waals surface area (Å²) in [6, 6.07) is 7.24. The van der Waals surface area contributed by atoms with Gasteiger partial charge in [-0.25, -0.2) is 4.79 Å². The average Bonchev–Trinajstić information content (AvgIpc) is 2.36. The summed E-state index contributed by atoms with van der Waals surface area (Å²) in [5.41, 5.74) is 4.89. The SMILES string of the molecule is NC(=O)CC(NC(=O)COc1ccccc1)C(=O)O. The lowest BCUT2D eigenvalue weighted by Gasteiger charge is -2.13. The predicted molar refractivity (Wildman–Crippen MR) is 65.3 cm³/mol. The van der Waals surface area contributed by atoms with Gasteiger partial charge in [0.25, 0.3) is 5.91 Å². The molecule has 0 aliphatic heterocycles. The number of nitrogens with one attached hydrogen (secondary N) is 1. The van der Waals surface area contributed by atoms with E-state index in [1.807, 2.05) is 0 Å². The van der Waals surface area contributed by atoms with E-state index < -0.39 is 30.2 Å². The minimum Gasteiger partial charge on any atom is -0.484 e. The van der Waals surface area contributed by atoms with E-state index in [9.17, 15) is 14.4 Å². The Labute approximate surface area is 109 Å². The Kier molecular flexibility index (Phi) is 5.34. The molecule has 102 valence electrons. The van der Waals surface area contributed by atoms with Crippen molar-refractivity contribution in [3.63, 3.8) is 0 Å². The highest BCUT2D eigenvalue weighted by atomic mass is 16.5. The number of rotatable bonds is 7. The van der Waals surface area contributed by atoms with Gasteiger partial charge in [0.2, 0.25) is 5.91 Å². The van der Waals surface area contributed by atoms with Gasteiger partial charge in [-0.15, -0.1) is 0 Å². The van der Waals surface area contributed by atoms with Crippen LogP contribution in [0.1, 0.15) is 6.42 Å². The van der Waals surface area contributed by atoms with Gasteiger partial charge < -0.3 is 20.9 Å². The second-order valence-corrected chi connectivity index (χ2v) is 3.73. The number of carboxylic acid groups (broad SMARTS) is 1. The topological polar surface area (TPSA) is 119 Å². The van der Waals surface area contributed by atoms with Crippen LogP contribution >= 0.6 is 0 Å². The third kappa shape index (κ3) is 5.53. The van der Waals surface area contributed by atoms with E-state index in [0.717, 1.165) is 0 Å². The third-order valence-corrected chi connectivity index (χ3v) is 2.15. The molecule has 1 atom stereocenters. The van der Waals surface area contributed by atoms with Crippen LogP contribution in [0.2, 0.25) is 0 Å². The molecule has 4 N–H and O–H groups in total. The normalized spacial score (nSPS) is 11.4. The molecule has 0 spiro atoms. The second kappa shape index (κ2) is 7.00. The molecule has 0 saturated heterocycles. The van der Waals surface area contributed by atoms with Gasteiger partial charge in [-0.05, 0) is 12.1 Å². The first-order chi connectivity index (χ1) is 8.99. The van der Waals surface area contributed by atoms with Crippen LogP contribution in [0.25, 0.3) is 0 Å². The highest BCUT2D eigenvalue weighted by Crippen LogP contribution is 2.07. The van der Waals surface area contributed by atoms with E-state index in [4.69, 9.17) is 15.6 Å². The monoisotopic (exact) mass is 266 g/mol. The molecule has 1 unspecified atom stereocenters. The molecule has 0 aliphatic carbocycles. The lowest BCUT2D eigenvalue weighted by atomic mass is 10.2. The van der Waals surface area contributed by atoms with Gasteiger partial charge in [-0.3, -0.25) is 9.59 Å². The van der Waals surface area contributed by atoms with Crippen LogP contribution in [0.15, 0.2) is 30.3 Å². The molecular formula is C12H14N2O5. The largest absolute Gasteiger partial charge is 0.484 e. The lowest BCUT2D eigenvalue weighted by molar-refractivity contribution is -0.143. The maximum Gasteiger partial charge on any atom is 0.326 e. The minimum absolute atomic E-state index is 0.341. The van der Waals surface area contributed by atoms with Gasteiger partial charge in [0, 0.05) is 0 Å². The second-order valence-electron chi connectivity index (χ2n) is 3.73. The number of amides is 2. The zero-order valence-electron chi connectivity index (χ0n) is 10.0. The number of carbonyl (C=O) groups is 3. The molecule has 0 bridgehead atoms. The fourth-order valence-electron chi connectivity index (χ4n) is 1.30. The molecule has 0 aliphatic rings. The fourth-order valence-corrected chi connectivity index (χ4v) is 1.30. The molecule has 1 rings (SSSR count). The first-order valence-electron chi connectivity index (χ1n) is 5.47. The van der Waals surface area contributed by atoms with Crippen molar-refractivity contribution in [3.8, 4) is 5.75 Å². The Balaban J connectivity index is 2.45. The van der Waals surface area contributed by atoms with Crippen LogP contribution in [-0.4, -0.2) is 35.5 Å². The molecule has 7 nitrogen and oxygen atoms in total. The number of carbonyl (C=O) groups excluding carboxylic acids is 2. The highest BCUT2D eigenvalue weighted by Gasteiger charge is 2.22. The number of benzene rings is 1. The van der Waals surface area contributed by atoms with Crippen LogP contribution in [-0.2, 0) is 14.4 Å². The highest BCUT2D eigenvalue weighted by molar-refractivity contribution is 5.88. The molecule has 0 heterocycles. The number of aliphatic carboxylic acids is 1. The van der Waals surface area contributed by atoms with Gasteiger partial charge in [-0.2, -0.15) is 0 Å². The average molecular weight is 266 g/mol. The third-order valence-electron chi connectivity index (χ3n) is 2.15. The molecular weight excluding hydrogens is 252 g/mol. The molecule has 19 heavy (non-hydrogen) atoms. The van der Waals surface area contributed by atoms with E-state index in [1.54, 1.807) is 30.3 Å². The van der Waals surface area contributed by atoms with Crippen LogP contribution in [0.3, 0.4) is 0 Å². The number of hydrogen-bond donors (Lipinski definition) is 3. The van der Waals surface area contributed by atoms with Crippen molar-refractivity contribution in [1.82, 2.24) is 5.32 Å². The summed E-state index contributed by atoms with van der Waals surface area (Å²) >= 11 is 0. The Morgan fingerprint density at radius 2 is 1.89 bits per heavy atom. The number of hydrogen-bond acceptors (Lipinski definition) is 4. The summed E-state index contributed by atoms with van der Waals surface area (Å²) < 4.78 is 5.13. The van der Waals surface area contributed by atoms with Crippen LogP contribution in [0.5, 0.6) is 5.75 Å². The van der Waals surface area contributed by atoms with Crippen LogP contribution in [0, 0.1) is 0 Å². The maximum absolute atomic E-state index is 11.5. The first kappa shape index (κ1) is 14.5. The molecule has 0 radical (unpaired) electrons. The lowest BCUT2D eigenvalue weighted by Crippen LogP contribution is -2.45. The molecule has 0 saturated carbocycles. The van der Waals surface area contributed by atoms with Crippen molar-refractivity contribution in [2.24, 2.45) is 5.73 Å². The van der Waals surface area contributed by atoms with E-state index >= 15 is 0 Å². The standard InChI is InChI=1S/C12H14N2O5/c13-10(15)6-9(12(17)18)14-11(16)7-19-8-4-2-1-3-5-8/h1-5,9H,6-7H2,(H2,13,15)(H,14,16)(H,17,18). The van der Waals surface area contributed by atoms with E-state index in [-0.39, 0.29) is 6.61 Å². The van der Waals surface area contributed by atoms with Crippen molar-refractivity contribution < 1.29 is 24.2 Å². The van der Waals surface area contributed by atoms with E-state index in [1.165, 1.54) is 0 Å². The number of carboxylic acids is 1. The van der Waals surface area contributed by atoms with Gasteiger partial charge in [0.15, 0.2) is 6.61 Å². The zero-order valence-corrected chi connectivity index (χ0v) is 10.0. The van der Waals surface area contributed by atoms with E-state index in [0.29, 0.717) is 5.75 Å². The maximum atomic E-state index is 11.5. The smallest absolute Gasteiger partial charge is 0.326 e. The van der Waals surface area contributed by atoms with Crippen molar-refractivity contribution >= 4 is 17.8 Å². The van der Waals surface area contributed by atoms with Gasteiger partial charge >= 0.3 is 5.97 Å². The minimum atomic E-state index is -1.34. The number of para-hydroxylation sites is 1. The Morgan fingerprint density at radius 1 is 1.26 bits per heavy atom. The fraction of sp³-hybridized carbons (Fsp3) is 0.250. The summed E-state index contributed by atoms with van der Waals surface area (Å²) in [6.07, 6.45) is -0.466. The van der Waals surface area contributed by atoms with E-state index in [2.05, 4.69) is 5.32 Å². The van der Waals surface area contributed by atoms with Crippen molar-refractivity contribution in [2.75, 3.05) is 6.61 Å². The van der Waals surface area contributed by atoms with Crippen molar-refractivity contribution in [1.29, 1.82) is 0 Å². The molecule has 7 heteroatoms. The first-order valence-corrected chi connectivity index (χ1v) is 5.47. The summed E-state index contributed by atoms with van der Waals surface area (Å²) in [5.74, 6) is -2.29. The van der Waals surface area contributed by atoms with Gasteiger partial charge in [0.1, 0.15) is 11.8 Å². The molecule has 2 amide bonds. The molecule has 1 aromatic carbocycles. The summed E-state index contributed by atoms with van der Waals surface area (Å²) in [5, 5.41) is 10.9. The zero-order chi connectivity index (χ0) is 14.3. The Bertz CT molecular complexity index is 460. The van der Waals surface area contributed by atoms with Crippen LogP contribution in [0.4, 0.5) is 0 Å². The Hall–Kier alpha value is -2.57. The number of ether oxygens (including phenoxy) is 1. The quantitative estimate of drug-likeness (QED) is 0.615. The van der Waals surface area contributed by atoms with Gasteiger partial charge in [0.05, 0.1) is 6.42 Å². The van der Waals surface area contributed by atoms with Gasteiger partial charge in [-0.1, -0.05) is 18.2 Å². The van der Waals surface area contributed by atoms with Crippen molar-refractivity contribution in [2.45, 2.75) is 12.5 Å².